The summed E-state index contributed by atoms with van der Waals surface area (Å²) < 4.78 is 4.98. The van der Waals surface area contributed by atoms with Gasteiger partial charge in [0.05, 0.1) is 7.11 Å². The molecular weight excluding hydrogens is 207 g/mol. The number of hydrogen-bond acceptors (Lipinski definition) is 2. The van der Waals surface area contributed by atoms with E-state index in [2.05, 4.69) is 4.74 Å². The molecule has 0 aliphatic carbocycles. The first-order valence-electron chi connectivity index (χ1n) is 1.76. The van der Waals surface area contributed by atoms with E-state index in [1.165, 1.54) is 7.11 Å². The number of hydrogen-bond donors (Lipinski definition) is 0. The van der Waals surface area contributed by atoms with E-state index in [4.69, 9.17) is 0 Å². The summed E-state index contributed by atoms with van der Waals surface area (Å²) in [7, 11) is 1.37. The van der Waals surface area contributed by atoms with E-state index in [0.29, 0.717) is 3.92 Å². The maximum absolute atomic E-state index is 10.2. The minimum absolute atomic E-state index is 0.249. The smallest absolute Gasteiger partial charge is 0.323 e. The molecule has 3 heteroatoms. The Morgan fingerprint density at radius 3 is 2.14 bits per heavy atom. The van der Waals surface area contributed by atoms with Gasteiger partial charge in [0.2, 0.25) is 0 Å². The zero-order chi connectivity index (χ0) is 5.86. The lowest BCUT2D eigenvalue weighted by atomic mass is 10.5. The summed E-state index contributed by atoms with van der Waals surface area (Å²) in [6.07, 6.45) is 0. The lowest BCUT2D eigenvalue weighted by Gasteiger charge is -1.95. The number of methoxy groups -OCH3 is 1. The Balaban J connectivity index is 3.35. The van der Waals surface area contributed by atoms with Crippen LogP contribution in [-0.4, -0.2) is 13.1 Å². The van der Waals surface area contributed by atoms with Gasteiger partial charge in [0.1, 0.15) is 3.92 Å². The highest BCUT2D eigenvalue weighted by Crippen LogP contribution is 2.08. The highest BCUT2D eigenvalue weighted by molar-refractivity contribution is 14.1. The summed E-state index contributed by atoms with van der Waals surface area (Å²) in [5.74, 6) is -0.249. The molecule has 0 aliphatic rings. The van der Waals surface area contributed by atoms with Crippen LogP contribution in [0.4, 0.5) is 0 Å². The predicted octanol–water partition coefficient (Wildman–Crippen LogP) is 1.15. The Labute approximate surface area is 56.4 Å². The van der Waals surface area contributed by atoms with Crippen molar-refractivity contribution in [3.8, 4) is 0 Å². The first-order chi connectivity index (χ1) is 3.18. The van der Waals surface area contributed by atoms with Crippen LogP contribution in [0.5, 0.6) is 0 Å². The molecule has 7 heavy (non-hydrogen) atoms. The number of ether oxygens (including phenoxy) is 1. The topological polar surface area (TPSA) is 26.3 Å². The summed E-state index contributed by atoms with van der Waals surface area (Å²) in [6, 6.07) is 0. The molecule has 0 bridgehead atoms. The number of halogens is 1. The van der Waals surface area contributed by atoms with Gasteiger partial charge in [-0.2, -0.15) is 0 Å². The van der Waals surface area contributed by atoms with Crippen molar-refractivity contribution in [1.29, 1.82) is 0 Å². The standard InChI is InChI=1S/C4H6IO2/c1-3(5)4(6)7-2/h1-2H3. The number of esters is 1. The Morgan fingerprint density at radius 1 is 1.71 bits per heavy atom. The van der Waals surface area contributed by atoms with Crippen molar-refractivity contribution in [1.82, 2.24) is 0 Å². The second kappa shape index (κ2) is 3.23. The van der Waals surface area contributed by atoms with Crippen LogP contribution >= 0.6 is 22.6 Å². The van der Waals surface area contributed by atoms with E-state index in [-0.39, 0.29) is 5.97 Å². The predicted molar refractivity (Wildman–Crippen MR) is 35.0 cm³/mol. The molecule has 0 rings (SSSR count). The van der Waals surface area contributed by atoms with Gasteiger partial charge in [-0.15, -0.1) is 0 Å². The van der Waals surface area contributed by atoms with Crippen molar-refractivity contribution >= 4 is 28.6 Å². The van der Waals surface area contributed by atoms with Gasteiger partial charge in [-0.3, -0.25) is 4.79 Å². The van der Waals surface area contributed by atoms with Crippen LogP contribution in [0.2, 0.25) is 0 Å². The second-order valence-electron chi connectivity index (χ2n) is 1.03. The molecule has 0 heterocycles. The van der Waals surface area contributed by atoms with E-state index >= 15 is 0 Å². The molecule has 0 unspecified atom stereocenters. The van der Waals surface area contributed by atoms with Crippen molar-refractivity contribution in [2.24, 2.45) is 0 Å². The van der Waals surface area contributed by atoms with E-state index in [1.807, 2.05) is 22.6 Å². The van der Waals surface area contributed by atoms with E-state index < -0.39 is 0 Å². The minimum atomic E-state index is -0.249. The SMILES string of the molecule is COC(=O)[C](C)I. The summed E-state index contributed by atoms with van der Waals surface area (Å²) in [4.78, 5) is 10.2. The lowest BCUT2D eigenvalue weighted by Crippen LogP contribution is -2.02. The molecule has 2 nitrogen and oxygen atoms in total. The lowest BCUT2D eigenvalue weighted by molar-refractivity contribution is -0.136. The Bertz CT molecular complexity index is 70.1. The van der Waals surface area contributed by atoms with Crippen molar-refractivity contribution in [2.45, 2.75) is 6.92 Å². The van der Waals surface area contributed by atoms with Crippen LogP contribution < -0.4 is 0 Å². The minimum Gasteiger partial charge on any atom is -0.468 e. The van der Waals surface area contributed by atoms with Gasteiger partial charge in [-0.05, 0) is 6.92 Å². The Kier molecular flexibility index (Phi) is 3.33. The zero-order valence-corrected chi connectivity index (χ0v) is 6.35. The molecule has 0 spiro atoms. The van der Waals surface area contributed by atoms with Crippen LogP contribution in [-0.2, 0) is 9.53 Å². The third kappa shape index (κ3) is 2.85. The van der Waals surface area contributed by atoms with Gasteiger partial charge in [0.25, 0.3) is 0 Å². The molecule has 0 amide bonds. The van der Waals surface area contributed by atoms with E-state index in [0.717, 1.165) is 0 Å². The molecule has 41 valence electrons. The molecule has 0 aromatic rings. The normalized spacial score (nSPS) is 9.14. The molecule has 1 radical (unpaired) electrons. The van der Waals surface area contributed by atoms with Crippen molar-refractivity contribution in [2.75, 3.05) is 7.11 Å². The van der Waals surface area contributed by atoms with Gasteiger partial charge in [-0.25, -0.2) is 0 Å². The monoisotopic (exact) mass is 213 g/mol. The first kappa shape index (κ1) is 7.20. The van der Waals surface area contributed by atoms with E-state index in [1.54, 1.807) is 6.92 Å². The highest BCUT2D eigenvalue weighted by Gasteiger charge is 2.06. The first-order valence-corrected chi connectivity index (χ1v) is 2.83. The second-order valence-corrected chi connectivity index (χ2v) is 2.64. The maximum Gasteiger partial charge on any atom is 0.323 e. The zero-order valence-electron chi connectivity index (χ0n) is 4.19. The largest absolute Gasteiger partial charge is 0.468 e. The molecule has 0 N–H and O–H groups in total. The van der Waals surface area contributed by atoms with Crippen molar-refractivity contribution < 1.29 is 9.53 Å². The quantitative estimate of drug-likeness (QED) is 0.482. The Hall–Kier alpha value is 0.200. The summed E-state index contributed by atoms with van der Waals surface area (Å²) in [6.45, 7) is 1.70. The van der Waals surface area contributed by atoms with Crippen molar-refractivity contribution in [3.05, 3.63) is 3.92 Å². The van der Waals surface area contributed by atoms with Crippen LogP contribution in [0.1, 0.15) is 6.92 Å². The molecule has 0 aromatic carbocycles. The fraction of sp³-hybridized carbons (Fsp3) is 0.500. The van der Waals surface area contributed by atoms with Crippen molar-refractivity contribution in [3.63, 3.8) is 0 Å². The summed E-state index contributed by atoms with van der Waals surface area (Å²) >= 11 is 1.91. The third-order valence-electron chi connectivity index (χ3n) is 0.467. The fourth-order valence-corrected chi connectivity index (χ4v) is 0.361. The van der Waals surface area contributed by atoms with Gasteiger partial charge >= 0.3 is 5.97 Å². The third-order valence-corrected chi connectivity index (χ3v) is 0.907. The van der Waals surface area contributed by atoms with Gasteiger partial charge in [-0.1, -0.05) is 22.6 Å². The molecule has 0 saturated heterocycles. The number of rotatable bonds is 1. The van der Waals surface area contributed by atoms with E-state index in [9.17, 15) is 4.79 Å². The van der Waals surface area contributed by atoms with Crippen LogP contribution in [0.3, 0.4) is 0 Å². The average molecular weight is 213 g/mol. The number of carbonyl (C=O) groups is 1. The highest BCUT2D eigenvalue weighted by atomic mass is 127. The Morgan fingerprint density at radius 2 is 2.14 bits per heavy atom. The molecule has 0 aliphatic heterocycles. The molecule has 0 fully saturated rings. The van der Waals surface area contributed by atoms with Crippen LogP contribution in [0.15, 0.2) is 0 Å². The molecule has 0 aromatic heterocycles. The average Bonchev–Trinajstić information content (AvgIpc) is 1.65. The summed E-state index contributed by atoms with van der Waals surface area (Å²) in [5.41, 5.74) is 0. The maximum atomic E-state index is 10.2. The molecule has 0 atom stereocenters. The number of carbonyl (C=O) groups excluding carboxylic acids is 1. The van der Waals surface area contributed by atoms with Gasteiger partial charge in [0.15, 0.2) is 0 Å². The van der Waals surface area contributed by atoms with Crippen LogP contribution in [0, 0.1) is 3.92 Å². The molecule has 0 saturated carbocycles. The fourth-order valence-electron chi connectivity index (χ4n) is 0.141. The van der Waals surface area contributed by atoms with Gasteiger partial charge in [0, 0.05) is 0 Å². The van der Waals surface area contributed by atoms with Crippen LogP contribution in [0.25, 0.3) is 0 Å². The van der Waals surface area contributed by atoms with Gasteiger partial charge < -0.3 is 4.74 Å². The summed E-state index contributed by atoms with van der Waals surface area (Å²) in [5, 5.41) is 0. The molecular formula is C4H6IO2.